The second kappa shape index (κ2) is 18.0. The van der Waals surface area contributed by atoms with E-state index in [0.29, 0.717) is 0 Å². The molecule has 2 saturated heterocycles. The first kappa shape index (κ1) is 29.3. The van der Waals surface area contributed by atoms with Crippen LogP contribution in [0.1, 0.15) is 51.4 Å². The predicted octanol–water partition coefficient (Wildman–Crippen LogP) is -0.381. The lowest BCUT2D eigenvalue weighted by Gasteiger charge is -2.17. The third kappa shape index (κ3) is 24.5. The van der Waals surface area contributed by atoms with E-state index in [0.717, 1.165) is 26.2 Å². The second-order valence-electron chi connectivity index (χ2n) is 7.57. The molecule has 2 heterocycles. The van der Waals surface area contributed by atoms with Crippen molar-refractivity contribution in [3.63, 3.8) is 0 Å². The molecule has 0 amide bonds. The minimum absolute atomic E-state index is 0.204. The Balaban J connectivity index is 0.000000479. The van der Waals surface area contributed by atoms with E-state index in [1.165, 1.54) is 77.5 Å². The summed E-state index contributed by atoms with van der Waals surface area (Å²) in [6, 6.07) is 0. The highest BCUT2D eigenvalue weighted by atomic mass is 32.3. The minimum Gasteiger partial charge on any atom is -0.370 e. The zero-order valence-electron chi connectivity index (χ0n) is 18.5. The van der Waals surface area contributed by atoms with Gasteiger partial charge in [0.2, 0.25) is 0 Å². The van der Waals surface area contributed by atoms with E-state index in [1.54, 1.807) is 0 Å². The molecule has 2 aliphatic rings. The second-order valence-corrected chi connectivity index (χ2v) is 8.47. The molecule has 0 aromatic heterocycles. The molecule has 0 atom stereocenters. The Morgan fingerprint density at radius 1 is 0.645 bits per heavy atom. The van der Waals surface area contributed by atoms with E-state index in [4.69, 9.17) is 40.5 Å². The standard InChI is InChI=1S/2C9H20N4.H2O4S/c2*10-9(11)12-5-8-13-6-3-1-2-4-7-13;1-5(2,3)4/h2*1-8H2,(H4,10,11,12);(H2,1,2,3,4). The van der Waals surface area contributed by atoms with E-state index in [2.05, 4.69) is 19.8 Å². The predicted molar refractivity (Wildman–Crippen MR) is 125 cm³/mol. The third-order valence-corrected chi connectivity index (χ3v) is 4.82. The summed E-state index contributed by atoms with van der Waals surface area (Å²) in [5, 5.41) is 0. The van der Waals surface area contributed by atoms with Crippen molar-refractivity contribution >= 4 is 22.3 Å². The largest absolute Gasteiger partial charge is 0.394 e. The number of hydrogen-bond donors (Lipinski definition) is 6. The maximum atomic E-state index is 8.74. The fourth-order valence-electron chi connectivity index (χ4n) is 3.36. The van der Waals surface area contributed by atoms with Gasteiger partial charge < -0.3 is 32.7 Å². The molecule has 184 valence electrons. The van der Waals surface area contributed by atoms with Gasteiger partial charge >= 0.3 is 10.4 Å². The van der Waals surface area contributed by atoms with Gasteiger partial charge in [-0.1, -0.05) is 25.7 Å². The molecule has 0 spiro atoms. The Bertz CT molecular complexity index is 546. The number of rotatable bonds is 6. The Kier molecular flexibility index (Phi) is 17.0. The Morgan fingerprint density at radius 2 is 0.903 bits per heavy atom. The summed E-state index contributed by atoms with van der Waals surface area (Å²) in [6.45, 7) is 8.31. The average Bonchev–Trinajstić information content (AvgIpc) is 3.05. The van der Waals surface area contributed by atoms with Gasteiger partial charge in [0.25, 0.3) is 0 Å². The molecule has 0 unspecified atom stereocenters. The molecule has 2 rings (SSSR count). The van der Waals surface area contributed by atoms with Crippen LogP contribution in [0.2, 0.25) is 0 Å². The summed E-state index contributed by atoms with van der Waals surface area (Å²) in [5.74, 6) is 0.407. The highest BCUT2D eigenvalue weighted by Crippen LogP contribution is 2.09. The number of nitrogens with zero attached hydrogens (tertiary/aromatic N) is 4. The normalized spacial score (nSPS) is 18.1. The van der Waals surface area contributed by atoms with Crippen LogP contribution in [0.4, 0.5) is 0 Å². The van der Waals surface area contributed by atoms with Crippen LogP contribution in [0.3, 0.4) is 0 Å². The Hall–Kier alpha value is -1.67. The third-order valence-electron chi connectivity index (χ3n) is 4.82. The van der Waals surface area contributed by atoms with Gasteiger partial charge in [-0.2, -0.15) is 8.42 Å². The maximum absolute atomic E-state index is 8.74. The Morgan fingerprint density at radius 3 is 1.13 bits per heavy atom. The molecule has 0 bridgehead atoms. The Labute approximate surface area is 186 Å². The molecular formula is C18H42N8O4S. The van der Waals surface area contributed by atoms with Crippen molar-refractivity contribution in [1.29, 1.82) is 0 Å². The first-order valence-electron chi connectivity index (χ1n) is 10.8. The smallest absolute Gasteiger partial charge is 0.370 e. The van der Waals surface area contributed by atoms with Gasteiger partial charge in [0.15, 0.2) is 11.9 Å². The SMILES string of the molecule is NC(N)=NCCN1CCCCCC1.NC(N)=NCCN1CCCCCC1.O=S(=O)(O)O. The van der Waals surface area contributed by atoms with Crippen LogP contribution in [0.15, 0.2) is 9.98 Å². The minimum atomic E-state index is -4.67. The van der Waals surface area contributed by atoms with Crippen LogP contribution >= 0.6 is 0 Å². The quantitative estimate of drug-likeness (QED) is 0.170. The van der Waals surface area contributed by atoms with E-state index < -0.39 is 10.4 Å². The molecular weight excluding hydrogens is 424 g/mol. The topological polar surface area (TPSA) is 210 Å². The monoisotopic (exact) mass is 466 g/mol. The molecule has 2 aliphatic heterocycles. The molecule has 13 heteroatoms. The highest BCUT2D eigenvalue weighted by Gasteiger charge is 2.08. The highest BCUT2D eigenvalue weighted by molar-refractivity contribution is 7.79. The zero-order chi connectivity index (χ0) is 23.5. The summed E-state index contributed by atoms with van der Waals surface area (Å²) in [7, 11) is -4.67. The van der Waals surface area contributed by atoms with E-state index in [-0.39, 0.29) is 11.9 Å². The van der Waals surface area contributed by atoms with Crippen molar-refractivity contribution in [3.8, 4) is 0 Å². The van der Waals surface area contributed by atoms with Crippen LogP contribution < -0.4 is 22.9 Å². The average molecular weight is 467 g/mol. The van der Waals surface area contributed by atoms with Crippen LogP contribution in [0.5, 0.6) is 0 Å². The van der Waals surface area contributed by atoms with Gasteiger partial charge in [0.1, 0.15) is 0 Å². The summed E-state index contributed by atoms with van der Waals surface area (Å²) in [5.41, 5.74) is 21.0. The van der Waals surface area contributed by atoms with Crippen LogP contribution in [-0.4, -0.2) is 91.6 Å². The molecule has 31 heavy (non-hydrogen) atoms. The zero-order valence-corrected chi connectivity index (χ0v) is 19.3. The number of likely N-dealkylation sites (tertiary alicyclic amines) is 2. The van der Waals surface area contributed by atoms with Gasteiger partial charge in [-0.3, -0.25) is 19.1 Å². The molecule has 0 aromatic rings. The van der Waals surface area contributed by atoms with Crippen molar-refractivity contribution in [2.45, 2.75) is 51.4 Å². The first-order chi connectivity index (χ1) is 14.6. The van der Waals surface area contributed by atoms with E-state index in [9.17, 15) is 0 Å². The van der Waals surface area contributed by atoms with Crippen molar-refractivity contribution in [2.75, 3.05) is 52.4 Å². The lowest BCUT2D eigenvalue weighted by atomic mass is 10.2. The van der Waals surface area contributed by atoms with Gasteiger partial charge in [0.05, 0.1) is 13.1 Å². The molecule has 12 nitrogen and oxygen atoms in total. The molecule has 10 N–H and O–H groups in total. The first-order valence-corrected chi connectivity index (χ1v) is 12.2. The van der Waals surface area contributed by atoms with E-state index >= 15 is 0 Å². The van der Waals surface area contributed by atoms with Gasteiger partial charge in [-0.25, -0.2) is 0 Å². The van der Waals surface area contributed by atoms with Crippen LogP contribution in [-0.2, 0) is 10.4 Å². The molecule has 0 aliphatic carbocycles. The molecule has 0 radical (unpaired) electrons. The van der Waals surface area contributed by atoms with Crippen molar-refractivity contribution < 1.29 is 17.5 Å². The number of hydrogen-bond acceptors (Lipinski definition) is 6. The summed E-state index contributed by atoms with van der Waals surface area (Å²) in [6.07, 6.45) is 10.8. The lowest BCUT2D eigenvalue weighted by Crippen LogP contribution is -2.29. The summed E-state index contributed by atoms with van der Waals surface area (Å²) in [4.78, 5) is 12.8. The number of aliphatic imine (C=N–C) groups is 2. The van der Waals surface area contributed by atoms with Gasteiger partial charge in [0, 0.05) is 13.1 Å². The van der Waals surface area contributed by atoms with Gasteiger partial charge in [-0.15, -0.1) is 0 Å². The fraction of sp³-hybridized carbons (Fsp3) is 0.889. The van der Waals surface area contributed by atoms with Crippen molar-refractivity contribution in [2.24, 2.45) is 32.9 Å². The van der Waals surface area contributed by atoms with E-state index in [1.807, 2.05) is 0 Å². The lowest BCUT2D eigenvalue weighted by molar-refractivity contribution is 0.293. The number of guanidine groups is 2. The summed E-state index contributed by atoms with van der Waals surface area (Å²) < 4.78 is 31.6. The van der Waals surface area contributed by atoms with Crippen LogP contribution in [0, 0.1) is 0 Å². The number of nitrogens with two attached hydrogens (primary N) is 4. The summed E-state index contributed by atoms with van der Waals surface area (Å²) >= 11 is 0. The van der Waals surface area contributed by atoms with Crippen molar-refractivity contribution in [1.82, 2.24) is 9.80 Å². The molecule has 2 fully saturated rings. The fourth-order valence-corrected chi connectivity index (χ4v) is 3.36. The maximum Gasteiger partial charge on any atom is 0.394 e. The molecule has 0 aromatic carbocycles. The van der Waals surface area contributed by atoms with Crippen LogP contribution in [0.25, 0.3) is 0 Å². The van der Waals surface area contributed by atoms with Crippen molar-refractivity contribution in [3.05, 3.63) is 0 Å². The van der Waals surface area contributed by atoms with Gasteiger partial charge in [-0.05, 0) is 51.9 Å². The molecule has 0 saturated carbocycles.